The van der Waals surface area contributed by atoms with Crippen molar-refractivity contribution in [1.82, 2.24) is 20.2 Å². The topological polar surface area (TPSA) is 72.7 Å². The van der Waals surface area contributed by atoms with Crippen LogP contribution in [0, 0.1) is 5.92 Å². The molecule has 0 amide bonds. The van der Waals surface area contributed by atoms with Gasteiger partial charge in [0.15, 0.2) is 17.5 Å². The summed E-state index contributed by atoms with van der Waals surface area (Å²) >= 11 is 0. The first-order valence-electron chi connectivity index (χ1n) is 9.30. The van der Waals surface area contributed by atoms with E-state index in [0.29, 0.717) is 30.5 Å². The average Bonchev–Trinajstić information content (AvgIpc) is 3.09. The fraction of sp³-hybridized carbons (Fsp3) is 0.500. The van der Waals surface area contributed by atoms with Gasteiger partial charge in [0.25, 0.3) is 0 Å². The van der Waals surface area contributed by atoms with Crippen molar-refractivity contribution in [2.24, 2.45) is 10.9 Å². The normalized spacial score (nSPS) is 11.6. The molecule has 1 aromatic carbocycles. The molecule has 7 heteroatoms. The summed E-state index contributed by atoms with van der Waals surface area (Å²) in [7, 11) is 3.27. The lowest BCUT2D eigenvalue weighted by Gasteiger charge is -2.14. The maximum absolute atomic E-state index is 5.36. The van der Waals surface area contributed by atoms with E-state index in [2.05, 4.69) is 39.0 Å². The highest BCUT2D eigenvalue weighted by molar-refractivity contribution is 5.79. The van der Waals surface area contributed by atoms with Crippen molar-refractivity contribution in [1.29, 1.82) is 0 Å². The van der Waals surface area contributed by atoms with E-state index < -0.39 is 0 Å². The molecule has 2 aromatic rings. The van der Waals surface area contributed by atoms with Gasteiger partial charge in [0.2, 0.25) is 0 Å². The molecule has 27 heavy (non-hydrogen) atoms. The number of methoxy groups -OCH3 is 2. The van der Waals surface area contributed by atoms with Crippen LogP contribution in [0.25, 0.3) is 0 Å². The molecule has 2 rings (SSSR count). The van der Waals surface area contributed by atoms with Crippen LogP contribution in [0.2, 0.25) is 0 Å². The van der Waals surface area contributed by atoms with Gasteiger partial charge < -0.3 is 24.7 Å². The monoisotopic (exact) mass is 373 g/mol. The smallest absolute Gasteiger partial charge is 0.191 e. The molecule has 0 aliphatic carbocycles. The quantitative estimate of drug-likeness (QED) is 0.522. The summed E-state index contributed by atoms with van der Waals surface area (Å²) in [6.07, 6.45) is 3.86. The molecule has 0 atom stereocenters. The number of ether oxygens (including phenoxy) is 2. The van der Waals surface area contributed by atoms with E-state index in [9.17, 15) is 0 Å². The van der Waals surface area contributed by atoms with Gasteiger partial charge >= 0.3 is 0 Å². The Balaban J connectivity index is 2.03. The molecule has 7 nitrogen and oxygen atoms in total. The van der Waals surface area contributed by atoms with Gasteiger partial charge in [-0.05, 0) is 30.5 Å². The molecule has 148 valence electrons. The van der Waals surface area contributed by atoms with Gasteiger partial charge in [-0.3, -0.25) is 0 Å². The van der Waals surface area contributed by atoms with E-state index in [-0.39, 0.29) is 0 Å². The van der Waals surface area contributed by atoms with Crippen LogP contribution in [0.5, 0.6) is 11.5 Å². The molecule has 0 fully saturated rings. The average molecular weight is 374 g/mol. The Bertz CT molecular complexity index is 740. The standard InChI is InChI=1S/C20H31N5O2/c1-6-21-20(24-13-19-22-9-10-25(19)14-15(2)3)23-12-16-7-8-17(26-4)18(11-16)27-5/h7-11,15H,6,12-14H2,1-5H3,(H2,21,23,24). The third kappa shape index (κ3) is 6.20. The summed E-state index contributed by atoms with van der Waals surface area (Å²) in [5.41, 5.74) is 1.05. The van der Waals surface area contributed by atoms with Crippen LogP contribution in [0.15, 0.2) is 35.6 Å². The molecule has 0 unspecified atom stereocenters. The van der Waals surface area contributed by atoms with E-state index >= 15 is 0 Å². The van der Waals surface area contributed by atoms with Crippen LogP contribution in [-0.2, 0) is 19.6 Å². The van der Waals surface area contributed by atoms with E-state index in [1.807, 2.05) is 37.5 Å². The van der Waals surface area contributed by atoms with Crippen LogP contribution in [-0.4, -0.2) is 36.3 Å². The first kappa shape index (κ1) is 20.6. The van der Waals surface area contributed by atoms with Crippen LogP contribution < -0.4 is 20.1 Å². The Morgan fingerprint density at radius 3 is 2.63 bits per heavy atom. The van der Waals surface area contributed by atoms with Gasteiger partial charge in [0.1, 0.15) is 5.82 Å². The molecule has 0 saturated heterocycles. The molecule has 0 bridgehead atoms. The Kier molecular flexibility index (Phi) is 7.98. The molecular weight excluding hydrogens is 342 g/mol. The number of nitrogens with one attached hydrogen (secondary N) is 2. The van der Waals surface area contributed by atoms with E-state index in [4.69, 9.17) is 9.47 Å². The molecular formula is C20H31N5O2. The van der Waals surface area contributed by atoms with Gasteiger partial charge in [-0.15, -0.1) is 0 Å². The second kappa shape index (κ2) is 10.4. The second-order valence-electron chi connectivity index (χ2n) is 6.63. The van der Waals surface area contributed by atoms with Crippen LogP contribution >= 0.6 is 0 Å². The molecule has 0 aliphatic rings. The Hall–Kier alpha value is -2.70. The Morgan fingerprint density at radius 2 is 1.96 bits per heavy atom. The molecule has 0 saturated carbocycles. The zero-order valence-corrected chi connectivity index (χ0v) is 17.0. The Morgan fingerprint density at radius 1 is 1.19 bits per heavy atom. The minimum absolute atomic E-state index is 0.538. The number of rotatable bonds is 9. The van der Waals surface area contributed by atoms with E-state index in [1.54, 1.807) is 14.2 Å². The molecule has 1 heterocycles. The molecule has 2 N–H and O–H groups in total. The minimum atomic E-state index is 0.538. The lowest BCUT2D eigenvalue weighted by Crippen LogP contribution is -2.37. The summed E-state index contributed by atoms with van der Waals surface area (Å²) in [5, 5.41) is 6.63. The zero-order valence-electron chi connectivity index (χ0n) is 17.0. The number of benzene rings is 1. The lowest BCUT2D eigenvalue weighted by atomic mass is 10.2. The number of imidazole rings is 1. The van der Waals surface area contributed by atoms with Gasteiger partial charge in [-0.25, -0.2) is 9.98 Å². The highest BCUT2D eigenvalue weighted by atomic mass is 16.5. The first-order valence-corrected chi connectivity index (χ1v) is 9.30. The maximum atomic E-state index is 5.36. The maximum Gasteiger partial charge on any atom is 0.191 e. The summed E-state index contributed by atoms with van der Waals surface area (Å²) < 4.78 is 12.8. The van der Waals surface area contributed by atoms with Crippen LogP contribution in [0.1, 0.15) is 32.2 Å². The Labute approximate surface area is 161 Å². The highest BCUT2D eigenvalue weighted by Crippen LogP contribution is 2.27. The summed E-state index contributed by atoms with van der Waals surface area (Å²) in [6, 6.07) is 5.83. The number of hydrogen-bond acceptors (Lipinski definition) is 4. The largest absolute Gasteiger partial charge is 0.493 e. The van der Waals surface area contributed by atoms with Gasteiger partial charge in [-0.1, -0.05) is 19.9 Å². The van der Waals surface area contributed by atoms with Crippen molar-refractivity contribution in [2.45, 2.75) is 40.4 Å². The van der Waals surface area contributed by atoms with Crippen LogP contribution in [0.3, 0.4) is 0 Å². The second-order valence-corrected chi connectivity index (χ2v) is 6.63. The van der Waals surface area contributed by atoms with Crippen molar-refractivity contribution >= 4 is 5.96 Å². The van der Waals surface area contributed by atoms with Gasteiger partial charge in [-0.2, -0.15) is 0 Å². The van der Waals surface area contributed by atoms with E-state index in [0.717, 1.165) is 30.4 Å². The molecule has 0 aliphatic heterocycles. The van der Waals surface area contributed by atoms with Gasteiger partial charge in [0.05, 0.1) is 27.3 Å². The van der Waals surface area contributed by atoms with Crippen LogP contribution in [0.4, 0.5) is 0 Å². The fourth-order valence-corrected chi connectivity index (χ4v) is 2.72. The number of guanidine groups is 1. The third-order valence-corrected chi connectivity index (χ3v) is 3.99. The highest BCUT2D eigenvalue weighted by Gasteiger charge is 2.07. The third-order valence-electron chi connectivity index (χ3n) is 3.99. The summed E-state index contributed by atoms with van der Waals surface area (Å²) in [5.74, 6) is 3.75. The predicted molar refractivity (Wildman–Crippen MR) is 108 cm³/mol. The lowest BCUT2D eigenvalue weighted by molar-refractivity contribution is 0.354. The number of hydrogen-bond donors (Lipinski definition) is 2. The van der Waals surface area contributed by atoms with Crippen molar-refractivity contribution in [3.63, 3.8) is 0 Å². The number of aromatic nitrogens is 2. The van der Waals surface area contributed by atoms with E-state index in [1.165, 1.54) is 0 Å². The SMILES string of the molecule is CCNC(=NCc1ccc(OC)c(OC)c1)NCc1nccn1CC(C)C. The molecule has 0 spiro atoms. The van der Waals surface area contributed by atoms with Crippen molar-refractivity contribution in [3.05, 3.63) is 42.0 Å². The fourth-order valence-electron chi connectivity index (χ4n) is 2.72. The number of aliphatic imine (C=N–C) groups is 1. The summed E-state index contributed by atoms with van der Waals surface area (Å²) in [6.45, 7) is 9.35. The van der Waals surface area contributed by atoms with Crippen molar-refractivity contribution in [2.75, 3.05) is 20.8 Å². The van der Waals surface area contributed by atoms with Crippen molar-refractivity contribution in [3.8, 4) is 11.5 Å². The minimum Gasteiger partial charge on any atom is -0.493 e. The molecule has 1 aromatic heterocycles. The zero-order chi connectivity index (χ0) is 19.6. The molecule has 0 radical (unpaired) electrons. The predicted octanol–water partition coefficient (Wildman–Crippen LogP) is 2.81. The first-order chi connectivity index (χ1) is 13.1. The number of nitrogens with zero attached hydrogens (tertiary/aromatic N) is 3. The van der Waals surface area contributed by atoms with Gasteiger partial charge in [0, 0.05) is 25.5 Å². The summed E-state index contributed by atoms with van der Waals surface area (Å²) in [4.78, 5) is 9.11. The van der Waals surface area contributed by atoms with Crippen molar-refractivity contribution < 1.29 is 9.47 Å².